The maximum absolute atomic E-state index is 12.2. The lowest BCUT2D eigenvalue weighted by molar-refractivity contribution is 0.0962. The van der Waals surface area contributed by atoms with Crippen LogP contribution in [0.15, 0.2) is 42.5 Å². The number of nitrogens with one attached hydrogen (secondary N) is 3. The van der Waals surface area contributed by atoms with Crippen molar-refractivity contribution in [3.8, 4) is 0 Å². The maximum Gasteiger partial charge on any atom is 0.319 e. The molecule has 0 aromatic heterocycles. The molecule has 3 N–H and O–H groups in total. The van der Waals surface area contributed by atoms with Gasteiger partial charge in [0.25, 0.3) is 5.91 Å². The minimum Gasteiger partial charge on any atom is -0.355 e. The zero-order chi connectivity index (χ0) is 17.7. The summed E-state index contributed by atoms with van der Waals surface area (Å²) in [4.78, 5) is 24.1. The van der Waals surface area contributed by atoms with Gasteiger partial charge in [-0.25, -0.2) is 4.79 Å². The minimum atomic E-state index is -0.305. The molecule has 3 amide bonds. The monoisotopic (exact) mass is 325 g/mol. The van der Waals surface area contributed by atoms with Crippen LogP contribution >= 0.6 is 0 Å². The Bertz CT molecular complexity index is 739. The number of anilines is 1. The van der Waals surface area contributed by atoms with Crippen molar-refractivity contribution < 1.29 is 9.59 Å². The molecular weight excluding hydrogens is 302 g/mol. The zero-order valence-corrected chi connectivity index (χ0v) is 14.4. The van der Waals surface area contributed by atoms with Crippen LogP contribution in [0.5, 0.6) is 0 Å². The Labute approximate surface area is 142 Å². The molecular formula is C19H23N3O2. The molecule has 0 heterocycles. The first-order valence-corrected chi connectivity index (χ1v) is 7.88. The van der Waals surface area contributed by atoms with Gasteiger partial charge in [0.05, 0.1) is 6.04 Å². The SMILES string of the molecule is CNC(=O)c1cccc(NC(=O)NC(C)c2ccc(C)cc2)c1C. The lowest BCUT2D eigenvalue weighted by Gasteiger charge is -2.17. The third-order valence-corrected chi connectivity index (χ3v) is 3.98. The standard InChI is InChI=1S/C19H23N3O2/c1-12-8-10-15(11-9-12)14(3)21-19(24)22-17-7-5-6-16(13(17)2)18(23)20-4/h5-11,14H,1-4H3,(H,20,23)(H2,21,22,24). The van der Waals surface area contributed by atoms with Crippen molar-refractivity contribution in [2.24, 2.45) is 0 Å². The van der Waals surface area contributed by atoms with Gasteiger partial charge in [-0.05, 0) is 44.0 Å². The summed E-state index contributed by atoms with van der Waals surface area (Å²) in [5.41, 5.74) is 4.10. The molecule has 2 aromatic rings. The topological polar surface area (TPSA) is 70.2 Å². The molecule has 0 spiro atoms. The minimum absolute atomic E-state index is 0.118. The number of aryl methyl sites for hydroxylation is 1. The van der Waals surface area contributed by atoms with Crippen LogP contribution in [-0.4, -0.2) is 19.0 Å². The van der Waals surface area contributed by atoms with E-state index in [1.165, 1.54) is 5.56 Å². The van der Waals surface area contributed by atoms with E-state index in [-0.39, 0.29) is 18.0 Å². The van der Waals surface area contributed by atoms with Crippen molar-refractivity contribution in [3.05, 3.63) is 64.7 Å². The second kappa shape index (κ2) is 7.64. The molecule has 1 atom stereocenters. The van der Waals surface area contributed by atoms with E-state index in [1.807, 2.05) is 45.0 Å². The van der Waals surface area contributed by atoms with Gasteiger partial charge < -0.3 is 16.0 Å². The lowest BCUT2D eigenvalue weighted by Crippen LogP contribution is -2.31. The highest BCUT2D eigenvalue weighted by molar-refractivity contribution is 5.98. The van der Waals surface area contributed by atoms with Crippen molar-refractivity contribution in [1.82, 2.24) is 10.6 Å². The highest BCUT2D eigenvalue weighted by Crippen LogP contribution is 2.19. The molecule has 0 aliphatic heterocycles. The van der Waals surface area contributed by atoms with Crippen LogP contribution in [0.4, 0.5) is 10.5 Å². The number of rotatable bonds is 4. The fraction of sp³-hybridized carbons (Fsp3) is 0.263. The zero-order valence-electron chi connectivity index (χ0n) is 14.4. The van der Waals surface area contributed by atoms with Crippen LogP contribution in [0.3, 0.4) is 0 Å². The summed E-state index contributed by atoms with van der Waals surface area (Å²) in [6.07, 6.45) is 0. The van der Waals surface area contributed by atoms with Crippen LogP contribution in [0.1, 0.15) is 40.0 Å². The molecule has 126 valence electrons. The Kier molecular flexibility index (Phi) is 5.58. The highest BCUT2D eigenvalue weighted by Gasteiger charge is 2.13. The van der Waals surface area contributed by atoms with Crippen molar-refractivity contribution in [2.75, 3.05) is 12.4 Å². The Hall–Kier alpha value is -2.82. The summed E-state index contributed by atoms with van der Waals surface area (Å²) in [5, 5.41) is 8.31. The van der Waals surface area contributed by atoms with Gasteiger partial charge >= 0.3 is 6.03 Å². The van der Waals surface area contributed by atoms with E-state index in [2.05, 4.69) is 16.0 Å². The molecule has 0 aliphatic rings. The molecule has 24 heavy (non-hydrogen) atoms. The molecule has 0 fully saturated rings. The average Bonchev–Trinajstić information content (AvgIpc) is 2.56. The molecule has 0 aliphatic carbocycles. The average molecular weight is 325 g/mol. The summed E-state index contributed by atoms with van der Waals surface area (Å²) in [6, 6.07) is 12.9. The van der Waals surface area contributed by atoms with E-state index in [0.717, 1.165) is 11.1 Å². The molecule has 0 radical (unpaired) electrons. The van der Waals surface area contributed by atoms with E-state index in [1.54, 1.807) is 25.2 Å². The van der Waals surface area contributed by atoms with Crippen LogP contribution in [-0.2, 0) is 0 Å². The molecule has 0 bridgehead atoms. The Morgan fingerprint density at radius 1 is 1.00 bits per heavy atom. The lowest BCUT2D eigenvalue weighted by atomic mass is 10.1. The first-order chi connectivity index (χ1) is 11.4. The predicted molar refractivity (Wildman–Crippen MR) is 96.3 cm³/mol. The quantitative estimate of drug-likeness (QED) is 0.804. The summed E-state index contributed by atoms with van der Waals surface area (Å²) < 4.78 is 0. The van der Waals surface area contributed by atoms with Gasteiger partial charge in [0.2, 0.25) is 0 Å². The maximum atomic E-state index is 12.2. The van der Waals surface area contributed by atoms with Crippen LogP contribution in [0.25, 0.3) is 0 Å². The van der Waals surface area contributed by atoms with Crippen LogP contribution in [0.2, 0.25) is 0 Å². The number of benzene rings is 2. The van der Waals surface area contributed by atoms with Gasteiger partial charge in [-0.3, -0.25) is 4.79 Å². The van der Waals surface area contributed by atoms with Crippen molar-refractivity contribution in [2.45, 2.75) is 26.8 Å². The first kappa shape index (κ1) is 17.5. The van der Waals surface area contributed by atoms with Crippen LogP contribution in [0, 0.1) is 13.8 Å². The second-order valence-electron chi connectivity index (χ2n) is 5.79. The van der Waals surface area contributed by atoms with Crippen molar-refractivity contribution in [3.63, 3.8) is 0 Å². The fourth-order valence-electron chi connectivity index (χ4n) is 2.45. The third kappa shape index (κ3) is 4.13. The normalized spacial score (nSPS) is 11.5. The molecule has 5 nitrogen and oxygen atoms in total. The van der Waals surface area contributed by atoms with E-state index >= 15 is 0 Å². The Balaban J connectivity index is 2.07. The number of urea groups is 1. The molecule has 5 heteroatoms. The van der Waals surface area contributed by atoms with Crippen molar-refractivity contribution >= 4 is 17.6 Å². The Morgan fingerprint density at radius 2 is 1.67 bits per heavy atom. The van der Waals surface area contributed by atoms with E-state index < -0.39 is 0 Å². The van der Waals surface area contributed by atoms with Gasteiger partial charge in [0.15, 0.2) is 0 Å². The fourth-order valence-corrected chi connectivity index (χ4v) is 2.45. The molecule has 0 saturated carbocycles. The summed E-state index contributed by atoms with van der Waals surface area (Å²) in [5.74, 6) is -0.176. The molecule has 2 rings (SSSR count). The van der Waals surface area contributed by atoms with Gasteiger partial charge in [-0.1, -0.05) is 35.9 Å². The predicted octanol–water partition coefficient (Wildman–Crippen LogP) is 3.55. The van der Waals surface area contributed by atoms with E-state index in [4.69, 9.17) is 0 Å². The number of carbonyl (C=O) groups excluding carboxylic acids is 2. The molecule has 1 unspecified atom stereocenters. The Morgan fingerprint density at radius 3 is 2.29 bits per heavy atom. The number of hydrogen-bond acceptors (Lipinski definition) is 2. The van der Waals surface area contributed by atoms with Crippen molar-refractivity contribution in [1.29, 1.82) is 0 Å². The molecule has 2 aromatic carbocycles. The van der Waals surface area contributed by atoms with E-state index in [0.29, 0.717) is 11.3 Å². The number of hydrogen-bond donors (Lipinski definition) is 3. The second-order valence-corrected chi connectivity index (χ2v) is 5.79. The summed E-state index contributed by atoms with van der Waals surface area (Å²) in [6.45, 7) is 5.76. The number of amides is 3. The van der Waals surface area contributed by atoms with Gasteiger partial charge in [-0.2, -0.15) is 0 Å². The third-order valence-electron chi connectivity index (χ3n) is 3.98. The smallest absolute Gasteiger partial charge is 0.319 e. The van der Waals surface area contributed by atoms with E-state index in [9.17, 15) is 9.59 Å². The van der Waals surface area contributed by atoms with Gasteiger partial charge in [0, 0.05) is 18.3 Å². The van der Waals surface area contributed by atoms with Crippen LogP contribution < -0.4 is 16.0 Å². The largest absolute Gasteiger partial charge is 0.355 e. The summed E-state index contributed by atoms with van der Waals surface area (Å²) in [7, 11) is 1.58. The highest BCUT2D eigenvalue weighted by atomic mass is 16.2. The van der Waals surface area contributed by atoms with Gasteiger partial charge in [0.1, 0.15) is 0 Å². The number of carbonyl (C=O) groups is 2. The molecule has 0 saturated heterocycles. The van der Waals surface area contributed by atoms with Gasteiger partial charge in [-0.15, -0.1) is 0 Å². The summed E-state index contributed by atoms with van der Waals surface area (Å²) >= 11 is 0. The first-order valence-electron chi connectivity index (χ1n) is 7.88.